The summed E-state index contributed by atoms with van der Waals surface area (Å²) in [5.41, 5.74) is 0.433. The SMILES string of the molecule is CC(C)CNC(=O)CCNC(=O)c1ccnc(Cl)c1. The lowest BCUT2D eigenvalue weighted by Gasteiger charge is -2.08. The number of carbonyl (C=O) groups is 2. The monoisotopic (exact) mass is 283 g/mol. The first kappa shape index (κ1) is 15.4. The van der Waals surface area contributed by atoms with E-state index in [2.05, 4.69) is 15.6 Å². The molecule has 5 nitrogen and oxygen atoms in total. The summed E-state index contributed by atoms with van der Waals surface area (Å²) in [5, 5.41) is 5.71. The van der Waals surface area contributed by atoms with E-state index in [-0.39, 0.29) is 23.4 Å². The van der Waals surface area contributed by atoms with Crippen LogP contribution >= 0.6 is 11.6 Å². The van der Waals surface area contributed by atoms with Crippen molar-refractivity contribution in [3.05, 3.63) is 29.0 Å². The van der Waals surface area contributed by atoms with Gasteiger partial charge in [0.15, 0.2) is 0 Å². The molecular formula is C13H18ClN3O2. The van der Waals surface area contributed by atoms with Gasteiger partial charge in [-0.3, -0.25) is 9.59 Å². The van der Waals surface area contributed by atoms with Gasteiger partial charge in [-0.25, -0.2) is 4.98 Å². The van der Waals surface area contributed by atoms with E-state index in [9.17, 15) is 9.59 Å². The number of rotatable bonds is 6. The number of amides is 2. The Bertz CT molecular complexity index is 449. The molecular weight excluding hydrogens is 266 g/mol. The number of nitrogens with one attached hydrogen (secondary N) is 2. The average Bonchev–Trinajstić information content (AvgIpc) is 2.36. The molecule has 19 heavy (non-hydrogen) atoms. The normalized spacial score (nSPS) is 10.3. The van der Waals surface area contributed by atoms with Crippen molar-refractivity contribution in [2.75, 3.05) is 13.1 Å². The lowest BCUT2D eigenvalue weighted by molar-refractivity contribution is -0.121. The van der Waals surface area contributed by atoms with Crippen LogP contribution in [-0.4, -0.2) is 29.9 Å². The second-order valence-electron chi connectivity index (χ2n) is 4.57. The number of pyridine rings is 1. The van der Waals surface area contributed by atoms with Crippen LogP contribution in [0.25, 0.3) is 0 Å². The van der Waals surface area contributed by atoms with Gasteiger partial charge in [-0.05, 0) is 18.1 Å². The molecule has 0 aliphatic heterocycles. The van der Waals surface area contributed by atoms with Crippen molar-refractivity contribution in [1.82, 2.24) is 15.6 Å². The topological polar surface area (TPSA) is 71.1 Å². The molecule has 0 bridgehead atoms. The molecule has 0 fully saturated rings. The van der Waals surface area contributed by atoms with E-state index in [1.165, 1.54) is 12.3 Å². The van der Waals surface area contributed by atoms with Gasteiger partial charge in [-0.15, -0.1) is 0 Å². The largest absolute Gasteiger partial charge is 0.356 e. The fourth-order valence-electron chi connectivity index (χ4n) is 1.34. The van der Waals surface area contributed by atoms with E-state index in [1.54, 1.807) is 6.07 Å². The molecule has 0 unspecified atom stereocenters. The van der Waals surface area contributed by atoms with Crippen molar-refractivity contribution in [2.24, 2.45) is 5.92 Å². The smallest absolute Gasteiger partial charge is 0.251 e. The molecule has 2 amide bonds. The Morgan fingerprint density at radius 2 is 2.11 bits per heavy atom. The van der Waals surface area contributed by atoms with Crippen LogP contribution in [0.3, 0.4) is 0 Å². The second kappa shape index (κ2) is 7.74. The maximum absolute atomic E-state index is 11.7. The number of hydrogen-bond acceptors (Lipinski definition) is 3. The third kappa shape index (κ3) is 6.20. The van der Waals surface area contributed by atoms with E-state index in [0.29, 0.717) is 24.6 Å². The van der Waals surface area contributed by atoms with Gasteiger partial charge in [0.25, 0.3) is 5.91 Å². The second-order valence-corrected chi connectivity index (χ2v) is 4.96. The number of aromatic nitrogens is 1. The predicted molar refractivity (Wildman–Crippen MR) is 74.0 cm³/mol. The summed E-state index contributed by atoms with van der Waals surface area (Å²) in [6.45, 7) is 4.99. The molecule has 0 radical (unpaired) electrons. The van der Waals surface area contributed by atoms with Crippen molar-refractivity contribution in [3.8, 4) is 0 Å². The minimum atomic E-state index is -0.263. The minimum Gasteiger partial charge on any atom is -0.356 e. The summed E-state index contributed by atoms with van der Waals surface area (Å²) in [5.74, 6) is 0.0835. The molecule has 0 saturated heterocycles. The fourth-order valence-corrected chi connectivity index (χ4v) is 1.52. The van der Waals surface area contributed by atoms with Crippen LogP contribution in [0, 0.1) is 5.92 Å². The maximum Gasteiger partial charge on any atom is 0.251 e. The number of halogens is 1. The Labute approximate surface area is 117 Å². The summed E-state index contributed by atoms with van der Waals surface area (Å²) in [7, 11) is 0. The van der Waals surface area contributed by atoms with E-state index in [0.717, 1.165) is 0 Å². The Morgan fingerprint density at radius 3 is 2.74 bits per heavy atom. The van der Waals surface area contributed by atoms with E-state index in [1.807, 2.05) is 13.8 Å². The highest BCUT2D eigenvalue weighted by Crippen LogP contribution is 2.06. The molecule has 1 aromatic heterocycles. The van der Waals surface area contributed by atoms with Gasteiger partial charge < -0.3 is 10.6 Å². The number of hydrogen-bond donors (Lipinski definition) is 2. The average molecular weight is 284 g/mol. The quantitative estimate of drug-likeness (QED) is 0.780. The predicted octanol–water partition coefficient (Wildman–Crippen LogP) is 1.63. The van der Waals surface area contributed by atoms with Crippen molar-refractivity contribution < 1.29 is 9.59 Å². The van der Waals surface area contributed by atoms with Gasteiger partial charge in [-0.1, -0.05) is 25.4 Å². The van der Waals surface area contributed by atoms with Gasteiger partial charge in [0.05, 0.1) is 0 Å². The van der Waals surface area contributed by atoms with Gasteiger partial charge in [0.1, 0.15) is 5.15 Å². The summed E-state index contributed by atoms with van der Waals surface area (Å²) in [6.07, 6.45) is 1.73. The molecule has 1 rings (SSSR count). The molecule has 0 aliphatic carbocycles. The Hall–Kier alpha value is -1.62. The zero-order valence-electron chi connectivity index (χ0n) is 11.1. The molecule has 1 heterocycles. The van der Waals surface area contributed by atoms with Gasteiger partial charge in [0, 0.05) is 31.3 Å². The Morgan fingerprint density at radius 1 is 1.37 bits per heavy atom. The van der Waals surface area contributed by atoms with Crippen LogP contribution in [-0.2, 0) is 4.79 Å². The number of nitrogens with zero attached hydrogens (tertiary/aromatic N) is 1. The zero-order valence-corrected chi connectivity index (χ0v) is 11.8. The fraction of sp³-hybridized carbons (Fsp3) is 0.462. The standard InChI is InChI=1S/C13H18ClN3O2/c1-9(2)8-17-12(18)4-6-16-13(19)10-3-5-15-11(14)7-10/h3,5,7,9H,4,6,8H2,1-2H3,(H,16,19)(H,17,18). The van der Waals surface area contributed by atoms with E-state index >= 15 is 0 Å². The first-order valence-electron chi connectivity index (χ1n) is 6.15. The van der Waals surface area contributed by atoms with Crippen LogP contribution in [0.2, 0.25) is 5.15 Å². The maximum atomic E-state index is 11.7. The van der Waals surface area contributed by atoms with E-state index in [4.69, 9.17) is 11.6 Å². The van der Waals surface area contributed by atoms with Gasteiger partial charge >= 0.3 is 0 Å². The van der Waals surface area contributed by atoms with Crippen molar-refractivity contribution in [1.29, 1.82) is 0 Å². The first-order chi connectivity index (χ1) is 8.99. The third-order valence-corrected chi connectivity index (χ3v) is 2.54. The Balaban J connectivity index is 2.29. The molecule has 0 aromatic carbocycles. The lowest BCUT2D eigenvalue weighted by atomic mass is 10.2. The van der Waals surface area contributed by atoms with Gasteiger partial charge in [0.2, 0.25) is 5.91 Å². The molecule has 6 heteroatoms. The number of carbonyl (C=O) groups excluding carboxylic acids is 2. The summed E-state index contributed by atoms with van der Waals surface area (Å²) < 4.78 is 0. The first-order valence-corrected chi connectivity index (χ1v) is 6.53. The summed E-state index contributed by atoms with van der Waals surface area (Å²) >= 11 is 5.69. The van der Waals surface area contributed by atoms with Crippen LogP contribution in [0.4, 0.5) is 0 Å². The van der Waals surface area contributed by atoms with Gasteiger partial charge in [-0.2, -0.15) is 0 Å². The highest BCUT2D eigenvalue weighted by molar-refractivity contribution is 6.29. The molecule has 0 atom stereocenters. The molecule has 2 N–H and O–H groups in total. The third-order valence-electron chi connectivity index (χ3n) is 2.33. The highest BCUT2D eigenvalue weighted by Gasteiger charge is 2.07. The molecule has 1 aromatic rings. The zero-order chi connectivity index (χ0) is 14.3. The Kier molecular flexibility index (Phi) is 6.29. The molecule has 0 spiro atoms. The van der Waals surface area contributed by atoms with Crippen LogP contribution < -0.4 is 10.6 Å². The molecule has 0 aliphatic rings. The van der Waals surface area contributed by atoms with Crippen molar-refractivity contribution >= 4 is 23.4 Å². The minimum absolute atomic E-state index is 0.0678. The highest BCUT2D eigenvalue weighted by atomic mass is 35.5. The van der Waals surface area contributed by atoms with Crippen molar-refractivity contribution in [3.63, 3.8) is 0 Å². The van der Waals surface area contributed by atoms with Crippen LogP contribution in [0.5, 0.6) is 0 Å². The molecule has 0 saturated carbocycles. The van der Waals surface area contributed by atoms with Crippen LogP contribution in [0.1, 0.15) is 30.6 Å². The summed E-state index contributed by atoms with van der Waals surface area (Å²) in [4.78, 5) is 26.9. The van der Waals surface area contributed by atoms with E-state index < -0.39 is 0 Å². The van der Waals surface area contributed by atoms with Crippen molar-refractivity contribution in [2.45, 2.75) is 20.3 Å². The lowest BCUT2D eigenvalue weighted by Crippen LogP contribution is -2.32. The summed E-state index contributed by atoms with van der Waals surface area (Å²) in [6, 6.07) is 3.05. The van der Waals surface area contributed by atoms with Crippen LogP contribution in [0.15, 0.2) is 18.3 Å². The molecule has 104 valence electrons.